The average molecular weight is 213 g/mol. The van der Waals surface area contributed by atoms with Crippen molar-refractivity contribution < 1.29 is 0 Å². The molecule has 1 aromatic rings. The SMILES string of the molecule is C=Cc1ccc(CNCCN)cc1.Cl. The van der Waals surface area contributed by atoms with Crippen LogP contribution in [-0.4, -0.2) is 13.1 Å². The number of hydrogen-bond donors (Lipinski definition) is 2. The van der Waals surface area contributed by atoms with E-state index in [1.807, 2.05) is 6.08 Å². The van der Waals surface area contributed by atoms with Gasteiger partial charge in [0, 0.05) is 19.6 Å². The van der Waals surface area contributed by atoms with Crippen molar-refractivity contribution in [2.75, 3.05) is 13.1 Å². The summed E-state index contributed by atoms with van der Waals surface area (Å²) < 4.78 is 0. The van der Waals surface area contributed by atoms with E-state index in [4.69, 9.17) is 5.73 Å². The van der Waals surface area contributed by atoms with Crippen molar-refractivity contribution in [2.45, 2.75) is 6.54 Å². The lowest BCUT2D eigenvalue weighted by Crippen LogP contribution is -2.21. The molecular formula is C11H17ClN2. The molecule has 0 aliphatic rings. The third-order valence-electron chi connectivity index (χ3n) is 1.87. The Hall–Kier alpha value is -0.830. The first-order valence-corrected chi connectivity index (χ1v) is 4.49. The fourth-order valence-corrected chi connectivity index (χ4v) is 1.11. The molecule has 1 rings (SSSR count). The van der Waals surface area contributed by atoms with Crippen LogP contribution in [0.1, 0.15) is 11.1 Å². The highest BCUT2D eigenvalue weighted by Crippen LogP contribution is 2.04. The summed E-state index contributed by atoms with van der Waals surface area (Å²) in [6, 6.07) is 8.32. The second kappa shape index (κ2) is 7.56. The van der Waals surface area contributed by atoms with Crippen molar-refractivity contribution in [3.63, 3.8) is 0 Å². The molecule has 0 unspecified atom stereocenters. The minimum absolute atomic E-state index is 0. The zero-order valence-corrected chi connectivity index (χ0v) is 9.02. The summed E-state index contributed by atoms with van der Waals surface area (Å²) in [7, 11) is 0. The van der Waals surface area contributed by atoms with Gasteiger partial charge in [-0.05, 0) is 11.1 Å². The number of nitrogens with one attached hydrogen (secondary N) is 1. The first-order valence-electron chi connectivity index (χ1n) is 4.49. The molecular weight excluding hydrogens is 196 g/mol. The lowest BCUT2D eigenvalue weighted by Gasteiger charge is -2.03. The van der Waals surface area contributed by atoms with Gasteiger partial charge < -0.3 is 11.1 Å². The average Bonchev–Trinajstić information content (AvgIpc) is 2.19. The van der Waals surface area contributed by atoms with Crippen LogP contribution in [0.5, 0.6) is 0 Å². The maximum Gasteiger partial charge on any atom is 0.0206 e. The Balaban J connectivity index is 0.00000169. The van der Waals surface area contributed by atoms with Crippen LogP contribution in [-0.2, 0) is 6.54 Å². The lowest BCUT2D eigenvalue weighted by molar-refractivity contribution is 0.695. The van der Waals surface area contributed by atoms with Crippen LogP contribution in [0.25, 0.3) is 6.08 Å². The molecule has 1 aromatic carbocycles. The van der Waals surface area contributed by atoms with Gasteiger partial charge in [0.25, 0.3) is 0 Å². The Morgan fingerprint density at radius 2 is 1.93 bits per heavy atom. The van der Waals surface area contributed by atoms with Gasteiger partial charge in [-0.1, -0.05) is 36.9 Å². The van der Waals surface area contributed by atoms with Crippen LogP contribution >= 0.6 is 12.4 Å². The van der Waals surface area contributed by atoms with Gasteiger partial charge >= 0.3 is 0 Å². The second-order valence-corrected chi connectivity index (χ2v) is 2.91. The predicted molar refractivity (Wildman–Crippen MR) is 64.5 cm³/mol. The predicted octanol–water partition coefficient (Wildman–Crippen LogP) is 1.80. The molecule has 0 amide bonds. The Labute approximate surface area is 91.6 Å². The van der Waals surface area contributed by atoms with E-state index >= 15 is 0 Å². The van der Waals surface area contributed by atoms with Gasteiger partial charge in [0.1, 0.15) is 0 Å². The highest BCUT2D eigenvalue weighted by atomic mass is 35.5. The fraction of sp³-hybridized carbons (Fsp3) is 0.273. The summed E-state index contributed by atoms with van der Waals surface area (Å²) >= 11 is 0. The largest absolute Gasteiger partial charge is 0.329 e. The molecule has 0 heterocycles. The molecule has 3 N–H and O–H groups in total. The minimum Gasteiger partial charge on any atom is -0.329 e. The van der Waals surface area contributed by atoms with Crippen LogP contribution in [0.15, 0.2) is 30.8 Å². The fourth-order valence-electron chi connectivity index (χ4n) is 1.11. The smallest absolute Gasteiger partial charge is 0.0206 e. The molecule has 0 radical (unpaired) electrons. The summed E-state index contributed by atoms with van der Waals surface area (Å²) in [5, 5.41) is 3.24. The van der Waals surface area contributed by atoms with Gasteiger partial charge in [-0.2, -0.15) is 0 Å². The first kappa shape index (κ1) is 13.2. The summed E-state index contributed by atoms with van der Waals surface area (Å²) in [6.07, 6.45) is 1.84. The quantitative estimate of drug-likeness (QED) is 0.731. The standard InChI is InChI=1S/C11H16N2.ClH/c1-2-10-3-5-11(6-4-10)9-13-8-7-12;/h2-6,13H,1,7-9,12H2;1H. The zero-order chi connectivity index (χ0) is 9.52. The van der Waals surface area contributed by atoms with Gasteiger partial charge in [0.05, 0.1) is 0 Å². The van der Waals surface area contributed by atoms with Gasteiger partial charge in [-0.3, -0.25) is 0 Å². The van der Waals surface area contributed by atoms with Gasteiger partial charge in [0.15, 0.2) is 0 Å². The van der Waals surface area contributed by atoms with Crippen LogP contribution in [0.2, 0.25) is 0 Å². The van der Waals surface area contributed by atoms with Crippen molar-refractivity contribution in [1.82, 2.24) is 5.32 Å². The van der Waals surface area contributed by atoms with E-state index in [1.54, 1.807) is 0 Å². The lowest BCUT2D eigenvalue weighted by atomic mass is 10.1. The van der Waals surface area contributed by atoms with Crippen molar-refractivity contribution in [3.05, 3.63) is 42.0 Å². The highest BCUT2D eigenvalue weighted by molar-refractivity contribution is 5.85. The van der Waals surface area contributed by atoms with E-state index in [1.165, 1.54) is 5.56 Å². The molecule has 78 valence electrons. The maximum absolute atomic E-state index is 5.36. The molecule has 0 saturated carbocycles. The van der Waals surface area contributed by atoms with E-state index in [0.717, 1.165) is 18.7 Å². The summed E-state index contributed by atoms with van der Waals surface area (Å²) in [6.45, 7) is 6.14. The molecule has 0 atom stereocenters. The minimum atomic E-state index is 0. The third kappa shape index (κ3) is 4.42. The second-order valence-electron chi connectivity index (χ2n) is 2.91. The Morgan fingerprint density at radius 1 is 1.29 bits per heavy atom. The molecule has 0 spiro atoms. The molecule has 0 saturated heterocycles. The summed E-state index contributed by atoms with van der Waals surface area (Å²) in [4.78, 5) is 0. The van der Waals surface area contributed by atoms with Crippen LogP contribution < -0.4 is 11.1 Å². The van der Waals surface area contributed by atoms with Gasteiger partial charge in [-0.15, -0.1) is 12.4 Å². The molecule has 0 aliphatic heterocycles. The zero-order valence-electron chi connectivity index (χ0n) is 8.20. The van der Waals surface area contributed by atoms with Gasteiger partial charge in [-0.25, -0.2) is 0 Å². The summed E-state index contributed by atoms with van der Waals surface area (Å²) in [5.41, 5.74) is 7.79. The summed E-state index contributed by atoms with van der Waals surface area (Å²) in [5.74, 6) is 0. The van der Waals surface area contributed by atoms with E-state index < -0.39 is 0 Å². The molecule has 0 aliphatic carbocycles. The Bertz CT molecular complexity index is 256. The molecule has 0 aromatic heterocycles. The van der Waals surface area contributed by atoms with Crippen molar-refractivity contribution in [3.8, 4) is 0 Å². The van der Waals surface area contributed by atoms with Crippen LogP contribution in [0.3, 0.4) is 0 Å². The van der Waals surface area contributed by atoms with Crippen molar-refractivity contribution in [2.24, 2.45) is 5.73 Å². The highest BCUT2D eigenvalue weighted by Gasteiger charge is 1.91. The Morgan fingerprint density at radius 3 is 2.43 bits per heavy atom. The molecule has 0 bridgehead atoms. The molecule has 2 nitrogen and oxygen atoms in total. The third-order valence-corrected chi connectivity index (χ3v) is 1.87. The van der Waals surface area contributed by atoms with E-state index in [2.05, 4.69) is 36.2 Å². The first-order chi connectivity index (χ1) is 6.36. The number of halogens is 1. The maximum atomic E-state index is 5.36. The van der Waals surface area contributed by atoms with Gasteiger partial charge in [0.2, 0.25) is 0 Å². The molecule has 3 heteroatoms. The normalized spacial score (nSPS) is 9.21. The van der Waals surface area contributed by atoms with Crippen LogP contribution in [0.4, 0.5) is 0 Å². The number of nitrogens with two attached hydrogens (primary N) is 1. The topological polar surface area (TPSA) is 38.0 Å². The molecule has 14 heavy (non-hydrogen) atoms. The van der Waals surface area contributed by atoms with Crippen molar-refractivity contribution >= 4 is 18.5 Å². The molecule has 0 fully saturated rings. The van der Waals surface area contributed by atoms with E-state index in [9.17, 15) is 0 Å². The van der Waals surface area contributed by atoms with Crippen molar-refractivity contribution in [1.29, 1.82) is 0 Å². The number of hydrogen-bond acceptors (Lipinski definition) is 2. The van der Waals surface area contributed by atoms with Crippen LogP contribution in [0, 0.1) is 0 Å². The monoisotopic (exact) mass is 212 g/mol. The van der Waals surface area contributed by atoms with E-state index in [0.29, 0.717) is 6.54 Å². The number of benzene rings is 1. The Kier molecular flexibility index (Phi) is 7.11. The number of rotatable bonds is 5. The van der Waals surface area contributed by atoms with E-state index in [-0.39, 0.29) is 12.4 Å².